The standard InChI is InChI=1S/C21H23NO5/c1-14-6-5-7-15(2)21(14)22-19(23)13-27-20(24)9-8-16-10-17(25-3)12-18(11-16)26-4/h5-12H,13H2,1-4H3,(H,22,23)/b9-8+. The van der Waals surface area contributed by atoms with Gasteiger partial charge >= 0.3 is 5.97 Å². The Kier molecular flexibility index (Phi) is 7.00. The average Bonchev–Trinajstić information content (AvgIpc) is 2.67. The summed E-state index contributed by atoms with van der Waals surface area (Å²) in [6, 6.07) is 11.0. The number of hydrogen-bond acceptors (Lipinski definition) is 5. The van der Waals surface area contributed by atoms with Gasteiger partial charge in [-0.2, -0.15) is 0 Å². The van der Waals surface area contributed by atoms with Crippen molar-refractivity contribution in [3.8, 4) is 11.5 Å². The SMILES string of the molecule is COc1cc(/C=C/C(=O)OCC(=O)Nc2c(C)cccc2C)cc(OC)c1. The lowest BCUT2D eigenvalue weighted by molar-refractivity contribution is -0.142. The summed E-state index contributed by atoms with van der Waals surface area (Å²) in [4.78, 5) is 23.9. The maximum atomic E-state index is 12.0. The second-order valence-electron chi connectivity index (χ2n) is 5.90. The minimum atomic E-state index is -0.617. The third kappa shape index (κ3) is 5.88. The van der Waals surface area contributed by atoms with Crippen LogP contribution < -0.4 is 14.8 Å². The number of esters is 1. The maximum Gasteiger partial charge on any atom is 0.331 e. The van der Waals surface area contributed by atoms with Gasteiger partial charge < -0.3 is 19.5 Å². The smallest absolute Gasteiger partial charge is 0.331 e. The topological polar surface area (TPSA) is 73.9 Å². The lowest BCUT2D eigenvalue weighted by Gasteiger charge is -2.11. The summed E-state index contributed by atoms with van der Waals surface area (Å²) in [5.74, 6) is 0.205. The van der Waals surface area contributed by atoms with Crippen molar-refractivity contribution in [2.75, 3.05) is 26.1 Å². The molecule has 1 N–H and O–H groups in total. The van der Waals surface area contributed by atoms with E-state index in [0.717, 1.165) is 16.8 Å². The van der Waals surface area contributed by atoms with Gasteiger partial charge in [0.1, 0.15) is 11.5 Å². The molecule has 27 heavy (non-hydrogen) atoms. The molecule has 0 heterocycles. The molecule has 6 nitrogen and oxygen atoms in total. The molecular formula is C21H23NO5. The Hall–Kier alpha value is -3.28. The van der Waals surface area contributed by atoms with Gasteiger partial charge in [0.2, 0.25) is 0 Å². The van der Waals surface area contributed by atoms with E-state index < -0.39 is 11.9 Å². The van der Waals surface area contributed by atoms with Gasteiger partial charge in [0, 0.05) is 17.8 Å². The van der Waals surface area contributed by atoms with E-state index in [1.165, 1.54) is 6.08 Å². The number of aryl methyl sites for hydroxylation is 2. The maximum absolute atomic E-state index is 12.0. The first-order valence-electron chi connectivity index (χ1n) is 8.37. The van der Waals surface area contributed by atoms with Crippen LogP contribution in [0.25, 0.3) is 6.08 Å². The van der Waals surface area contributed by atoms with E-state index in [4.69, 9.17) is 14.2 Å². The van der Waals surface area contributed by atoms with Crippen molar-refractivity contribution in [2.45, 2.75) is 13.8 Å². The molecule has 0 aliphatic rings. The highest BCUT2D eigenvalue weighted by atomic mass is 16.5. The second kappa shape index (κ2) is 9.43. The predicted molar refractivity (Wildman–Crippen MR) is 104 cm³/mol. The normalized spacial score (nSPS) is 10.5. The molecule has 0 aromatic heterocycles. The van der Waals surface area contributed by atoms with E-state index in [-0.39, 0.29) is 6.61 Å². The predicted octanol–water partition coefficient (Wildman–Crippen LogP) is 3.52. The summed E-state index contributed by atoms with van der Waals surface area (Å²) in [6.07, 6.45) is 2.82. The molecular weight excluding hydrogens is 346 g/mol. The summed E-state index contributed by atoms with van der Waals surface area (Å²) in [5, 5.41) is 2.76. The first-order valence-corrected chi connectivity index (χ1v) is 8.37. The molecule has 0 atom stereocenters. The molecule has 0 saturated heterocycles. The van der Waals surface area contributed by atoms with Crippen LogP contribution in [0.1, 0.15) is 16.7 Å². The van der Waals surface area contributed by atoms with Crippen LogP contribution in [0, 0.1) is 13.8 Å². The molecule has 0 spiro atoms. The molecule has 142 valence electrons. The largest absolute Gasteiger partial charge is 0.497 e. The number of methoxy groups -OCH3 is 2. The Labute approximate surface area is 158 Å². The molecule has 0 aliphatic heterocycles. The molecule has 0 saturated carbocycles. The highest BCUT2D eigenvalue weighted by Crippen LogP contribution is 2.23. The number of carbonyl (C=O) groups excluding carboxylic acids is 2. The van der Waals surface area contributed by atoms with Crippen molar-refractivity contribution in [3.63, 3.8) is 0 Å². The Morgan fingerprint density at radius 1 is 1.00 bits per heavy atom. The first kappa shape index (κ1) is 20.0. The number of anilines is 1. The summed E-state index contributed by atoms with van der Waals surface area (Å²) in [5.41, 5.74) is 3.34. The fourth-order valence-corrected chi connectivity index (χ4v) is 2.46. The van der Waals surface area contributed by atoms with E-state index in [1.807, 2.05) is 32.0 Å². The van der Waals surface area contributed by atoms with Gasteiger partial charge in [-0.05, 0) is 48.7 Å². The van der Waals surface area contributed by atoms with E-state index in [2.05, 4.69) is 5.32 Å². The van der Waals surface area contributed by atoms with Crippen molar-refractivity contribution < 1.29 is 23.8 Å². The van der Waals surface area contributed by atoms with Crippen LogP contribution >= 0.6 is 0 Å². The summed E-state index contributed by atoms with van der Waals surface area (Å²) in [6.45, 7) is 3.44. The minimum absolute atomic E-state index is 0.363. The van der Waals surface area contributed by atoms with Crippen LogP contribution in [0.5, 0.6) is 11.5 Å². The van der Waals surface area contributed by atoms with Gasteiger partial charge in [-0.3, -0.25) is 4.79 Å². The summed E-state index contributed by atoms with van der Waals surface area (Å²) >= 11 is 0. The Bertz CT molecular complexity index is 815. The Morgan fingerprint density at radius 2 is 1.59 bits per heavy atom. The van der Waals surface area contributed by atoms with Gasteiger partial charge in [-0.1, -0.05) is 18.2 Å². The number of rotatable bonds is 7. The zero-order valence-corrected chi connectivity index (χ0v) is 15.9. The molecule has 0 bridgehead atoms. The van der Waals surface area contributed by atoms with Gasteiger partial charge in [0.15, 0.2) is 6.61 Å². The number of carbonyl (C=O) groups is 2. The molecule has 0 unspecified atom stereocenters. The Balaban J connectivity index is 1.92. The van der Waals surface area contributed by atoms with Gasteiger partial charge in [-0.25, -0.2) is 4.79 Å². The van der Waals surface area contributed by atoms with Crippen LogP contribution in [0.15, 0.2) is 42.5 Å². The number of nitrogens with one attached hydrogen (secondary N) is 1. The number of amides is 1. The number of hydrogen-bond donors (Lipinski definition) is 1. The van der Waals surface area contributed by atoms with Crippen molar-refractivity contribution in [2.24, 2.45) is 0 Å². The number of para-hydroxylation sites is 1. The van der Waals surface area contributed by atoms with Crippen molar-refractivity contribution in [1.29, 1.82) is 0 Å². The van der Waals surface area contributed by atoms with E-state index in [0.29, 0.717) is 17.1 Å². The minimum Gasteiger partial charge on any atom is -0.497 e. The average molecular weight is 369 g/mol. The zero-order valence-electron chi connectivity index (χ0n) is 15.9. The van der Waals surface area contributed by atoms with E-state index >= 15 is 0 Å². The zero-order chi connectivity index (χ0) is 19.8. The van der Waals surface area contributed by atoms with Crippen LogP contribution in [0.3, 0.4) is 0 Å². The molecule has 2 rings (SSSR count). The molecule has 2 aromatic carbocycles. The third-order valence-corrected chi connectivity index (χ3v) is 3.88. The summed E-state index contributed by atoms with van der Waals surface area (Å²) < 4.78 is 15.3. The fraction of sp³-hybridized carbons (Fsp3) is 0.238. The molecule has 0 aliphatic carbocycles. The lowest BCUT2D eigenvalue weighted by atomic mass is 10.1. The van der Waals surface area contributed by atoms with Gasteiger partial charge in [0.05, 0.1) is 14.2 Å². The van der Waals surface area contributed by atoms with Crippen LogP contribution in [0.4, 0.5) is 5.69 Å². The number of benzene rings is 2. The molecule has 1 amide bonds. The number of ether oxygens (including phenoxy) is 3. The van der Waals surface area contributed by atoms with Crippen LogP contribution in [-0.2, 0) is 14.3 Å². The van der Waals surface area contributed by atoms with E-state index in [9.17, 15) is 9.59 Å². The monoisotopic (exact) mass is 369 g/mol. The molecule has 6 heteroatoms. The van der Waals surface area contributed by atoms with Crippen LogP contribution in [-0.4, -0.2) is 32.7 Å². The quantitative estimate of drug-likeness (QED) is 0.597. The van der Waals surface area contributed by atoms with Crippen molar-refractivity contribution >= 4 is 23.6 Å². The van der Waals surface area contributed by atoms with Crippen LogP contribution in [0.2, 0.25) is 0 Å². The molecule has 0 radical (unpaired) electrons. The highest BCUT2D eigenvalue weighted by molar-refractivity contribution is 5.95. The summed E-state index contributed by atoms with van der Waals surface area (Å²) in [7, 11) is 3.09. The first-order chi connectivity index (χ1) is 12.9. The lowest BCUT2D eigenvalue weighted by Crippen LogP contribution is -2.21. The molecule has 2 aromatic rings. The van der Waals surface area contributed by atoms with Gasteiger partial charge in [0.25, 0.3) is 5.91 Å². The van der Waals surface area contributed by atoms with Gasteiger partial charge in [-0.15, -0.1) is 0 Å². The van der Waals surface area contributed by atoms with Crippen molar-refractivity contribution in [3.05, 3.63) is 59.2 Å². The Morgan fingerprint density at radius 3 is 2.15 bits per heavy atom. The second-order valence-corrected chi connectivity index (χ2v) is 5.90. The molecule has 0 fully saturated rings. The van der Waals surface area contributed by atoms with E-state index in [1.54, 1.807) is 38.5 Å². The highest BCUT2D eigenvalue weighted by Gasteiger charge is 2.09. The third-order valence-electron chi connectivity index (χ3n) is 3.88. The fourth-order valence-electron chi connectivity index (χ4n) is 2.46. The van der Waals surface area contributed by atoms with Crippen molar-refractivity contribution in [1.82, 2.24) is 0 Å².